The summed E-state index contributed by atoms with van der Waals surface area (Å²) in [7, 11) is 0. The minimum atomic E-state index is -0.790. The maximum absolute atomic E-state index is 12.9. The molecular weight excluding hydrogens is 985 g/mol. The van der Waals surface area contributed by atoms with E-state index in [1.54, 1.807) is 0 Å². The maximum Gasteiger partial charge on any atom is 0.306 e. The highest BCUT2D eigenvalue weighted by molar-refractivity contribution is 5.71. The van der Waals surface area contributed by atoms with Gasteiger partial charge in [-0.15, -0.1) is 0 Å². The molecule has 1 atom stereocenters. The molecule has 0 heterocycles. The Bertz CT molecular complexity index is 1470. The zero-order valence-corrected chi connectivity index (χ0v) is 53.3. The van der Waals surface area contributed by atoms with Gasteiger partial charge in [-0.25, -0.2) is 0 Å². The predicted octanol–water partition coefficient (Wildman–Crippen LogP) is 24.1. The predicted molar refractivity (Wildman–Crippen MR) is 348 cm³/mol. The van der Waals surface area contributed by atoms with Crippen LogP contribution in [0.1, 0.15) is 361 Å². The molecule has 0 bridgehead atoms. The Morgan fingerprint density at radius 1 is 0.263 bits per heavy atom. The van der Waals surface area contributed by atoms with Crippen molar-refractivity contribution in [3.05, 3.63) is 72.9 Å². The smallest absolute Gasteiger partial charge is 0.306 e. The zero-order chi connectivity index (χ0) is 57.8. The molecule has 0 rings (SSSR count). The van der Waals surface area contributed by atoms with Crippen molar-refractivity contribution < 1.29 is 28.6 Å². The van der Waals surface area contributed by atoms with Crippen molar-refractivity contribution in [1.82, 2.24) is 0 Å². The van der Waals surface area contributed by atoms with Crippen LogP contribution in [0.4, 0.5) is 0 Å². The zero-order valence-electron chi connectivity index (χ0n) is 53.3. The van der Waals surface area contributed by atoms with Gasteiger partial charge >= 0.3 is 17.9 Å². The topological polar surface area (TPSA) is 78.9 Å². The molecule has 80 heavy (non-hydrogen) atoms. The fourth-order valence-electron chi connectivity index (χ4n) is 10.2. The third kappa shape index (κ3) is 65.7. The van der Waals surface area contributed by atoms with Crippen LogP contribution in [0.5, 0.6) is 0 Å². The molecule has 0 spiro atoms. The summed E-state index contributed by atoms with van der Waals surface area (Å²) in [4.78, 5) is 38.4. The fraction of sp³-hybridized carbons (Fsp3) is 0.797. The number of carbonyl (C=O) groups excluding carboxylic acids is 3. The van der Waals surface area contributed by atoms with E-state index >= 15 is 0 Å². The average molecular weight is 1120 g/mol. The fourth-order valence-corrected chi connectivity index (χ4v) is 10.2. The number of carbonyl (C=O) groups is 3. The van der Waals surface area contributed by atoms with E-state index < -0.39 is 6.10 Å². The molecule has 0 saturated heterocycles. The number of hydrogen-bond acceptors (Lipinski definition) is 6. The van der Waals surface area contributed by atoms with E-state index in [1.165, 1.54) is 205 Å². The molecule has 0 radical (unpaired) electrons. The second-order valence-corrected chi connectivity index (χ2v) is 23.4. The number of ether oxygens (including phenoxy) is 3. The highest BCUT2D eigenvalue weighted by atomic mass is 16.6. The van der Waals surface area contributed by atoms with Gasteiger partial charge in [0.1, 0.15) is 13.2 Å². The first-order valence-electron chi connectivity index (χ1n) is 34.9. The van der Waals surface area contributed by atoms with E-state index in [4.69, 9.17) is 14.2 Å². The molecule has 0 aliphatic heterocycles. The lowest BCUT2D eigenvalue weighted by atomic mass is 10.0. The second-order valence-electron chi connectivity index (χ2n) is 23.4. The average Bonchev–Trinajstić information content (AvgIpc) is 3.46. The van der Waals surface area contributed by atoms with E-state index in [2.05, 4.69) is 93.7 Å². The van der Waals surface area contributed by atoms with Crippen molar-refractivity contribution in [2.75, 3.05) is 13.2 Å². The van der Waals surface area contributed by atoms with Crippen molar-refractivity contribution in [2.24, 2.45) is 0 Å². The normalized spacial score (nSPS) is 12.5. The largest absolute Gasteiger partial charge is 0.462 e. The van der Waals surface area contributed by atoms with Gasteiger partial charge in [-0.3, -0.25) is 14.4 Å². The summed E-state index contributed by atoms with van der Waals surface area (Å²) in [6, 6.07) is 0. The number of unbranched alkanes of at least 4 members (excludes halogenated alkanes) is 41. The van der Waals surface area contributed by atoms with Crippen molar-refractivity contribution in [1.29, 1.82) is 0 Å². The SMILES string of the molecule is CC/C=C\C/C=C\C/C=C\C/C=C\C/C=C\CCCCCCCC(=O)OC(COC(=O)CCCCCCC/C=C\CCCCCCCC)COC(=O)CCCCCCCCCCCCCCCCCCCCCCCCCCCC. The van der Waals surface area contributed by atoms with Gasteiger partial charge in [0.2, 0.25) is 0 Å². The monoisotopic (exact) mass is 1120 g/mol. The Hall–Kier alpha value is -3.15. The molecule has 0 N–H and O–H groups in total. The van der Waals surface area contributed by atoms with Gasteiger partial charge in [0.15, 0.2) is 6.10 Å². The Labute approximate surface area is 497 Å². The Morgan fingerprint density at radius 3 is 0.775 bits per heavy atom. The van der Waals surface area contributed by atoms with Crippen LogP contribution in [-0.4, -0.2) is 37.2 Å². The lowest BCUT2D eigenvalue weighted by Crippen LogP contribution is -2.30. The van der Waals surface area contributed by atoms with Gasteiger partial charge in [0, 0.05) is 19.3 Å². The minimum absolute atomic E-state index is 0.0828. The Balaban J connectivity index is 4.32. The van der Waals surface area contributed by atoms with Crippen molar-refractivity contribution in [3.63, 3.8) is 0 Å². The van der Waals surface area contributed by atoms with Gasteiger partial charge in [-0.05, 0) is 89.9 Å². The van der Waals surface area contributed by atoms with E-state index in [0.29, 0.717) is 19.3 Å². The van der Waals surface area contributed by atoms with Crippen molar-refractivity contribution in [3.8, 4) is 0 Å². The van der Waals surface area contributed by atoms with Crippen LogP contribution in [0.2, 0.25) is 0 Å². The van der Waals surface area contributed by atoms with Crippen LogP contribution in [0.25, 0.3) is 0 Å². The summed E-state index contributed by atoms with van der Waals surface area (Å²) in [6.07, 6.45) is 89.3. The van der Waals surface area contributed by atoms with E-state index in [0.717, 1.165) is 116 Å². The molecule has 0 fully saturated rings. The molecule has 0 aromatic heterocycles. The van der Waals surface area contributed by atoms with Crippen LogP contribution in [0.3, 0.4) is 0 Å². The molecule has 0 amide bonds. The number of allylic oxidation sites excluding steroid dienone is 12. The summed E-state index contributed by atoms with van der Waals surface area (Å²) >= 11 is 0. The molecule has 6 heteroatoms. The first-order chi connectivity index (χ1) is 39.5. The lowest BCUT2D eigenvalue weighted by molar-refractivity contribution is -0.167. The van der Waals surface area contributed by atoms with Crippen LogP contribution >= 0.6 is 0 Å². The number of hydrogen-bond donors (Lipinski definition) is 0. The molecular formula is C74H132O6. The van der Waals surface area contributed by atoms with Gasteiger partial charge in [0.05, 0.1) is 0 Å². The maximum atomic E-state index is 12.9. The van der Waals surface area contributed by atoms with Crippen LogP contribution < -0.4 is 0 Å². The van der Waals surface area contributed by atoms with Crippen LogP contribution in [0, 0.1) is 0 Å². The first kappa shape index (κ1) is 76.9. The van der Waals surface area contributed by atoms with Gasteiger partial charge in [-0.2, -0.15) is 0 Å². The molecule has 0 aromatic rings. The molecule has 0 aromatic carbocycles. The third-order valence-electron chi connectivity index (χ3n) is 15.4. The summed E-state index contributed by atoms with van der Waals surface area (Å²) < 4.78 is 17.0. The number of rotatable bonds is 64. The molecule has 0 saturated carbocycles. The summed E-state index contributed by atoms with van der Waals surface area (Å²) in [6.45, 7) is 6.55. The van der Waals surface area contributed by atoms with Gasteiger partial charge in [0.25, 0.3) is 0 Å². The van der Waals surface area contributed by atoms with Gasteiger partial charge < -0.3 is 14.2 Å². The van der Waals surface area contributed by atoms with Crippen LogP contribution in [-0.2, 0) is 28.6 Å². The van der Waals surface area contributed by atoms with Crippen molar-refractivity contribution >= 4 is 17.9 Å². The highest BCUT2D eigenvalue weighted by Gasteiger charge is 2.19. The second kappa shape index (κ2) is 68.3. The molecule has 0 aliphatic rings. The molecule has 6 nitrogen and oxygen atoms in total. The third-order valence-corrected chi connectivity index (χ3v) is 15.4. The molecule has 464 valence electrons. The van der Waals surface area contributed by atoms with E-state index in [9.17, 15) is 14.4 Å². The molecule has 0 aliphatic carbocycles. The van der Waals surface area contributed by atoms with Crippen molar-refractivity contribution in [2.45, 2.75) is 367 Å². The standard InChI is InChI=1S/C74H132O6/c1-4-7-10-13-16-19-22-25-28-30-32-34-35-36-37-38-40-41-43-46-49-52-55-58-61-64-67-73(76)79-70-71(69-78-72(75)66-63-60-57-54-51-48-45-27-24-21-18-15-12-9-6-3)80-74(77)68-65-62-59-56-53-50-47-44-42-39-33-31-29-26-23-20-17-14-11-8-5-2/h8,11,17,20,26-27,29,33,39,44-45,47,71H,4-7,9-10,12-16,18-19,21-25,28,30-32,34-38,40-43,46,48-70H2,1-3H3/b11-8-,20-17-,29-26-,39-33-,45-27-,47-44-. The van der Waals surface area contributed by atoms with E-state index in [-0.39, 0.29) is 31.1 Å². The minimum Gasteiger partial charge on any atom is -0.462 e. The Kier molecular flexibility index (Phi) is 65.7. The lowest BCUT2D eigenvalue weighted by Gasteiger charge is -2.18. The molecule has 1 unspecified atom stereocenters. The first-order valence-corrected chi connectivity index (χ1v) is 34.9. The van der Waals surface area contributed by atoms with E-state index in [1.807, 2.05) is 0 Å². The summed E-state index contributed by atoms with van der Waals surface area (Å²) in [5, 5.41) is 0. The Morgan fingerprint density at radius 2 is 0.487 bits per heavy atom. The van der Waals surface area contributed by atoms with Crippen LogP contribution in [0.15, 0.2) is 72.9 Å². The van der Waals surface area contributed by atoms with Gasteiger partial charge in [-0.1, -0.05) is 325 Å². The number of esters is 3. The quantitative estimate of drug-likeness (QED) is 0.0261. The summed E-state index contributed by atoms with van der Waals surface area (Å²) in [5.74, 6) is -0.890. The highest BCUT2D eigenvalue weighted by Crippen LogP contribution is 2.18. The summed E-state index contributed by atoms with van der Waals surface area (Å²) in [5.41, 5.74) is 0.